The van der Waals surface area contributed by atoms with Crippen molar-refractivity contribution in [2.75, 3.05) is 0 Å². The highest BCUT2D eigenvalue weighted by molar-refractivity contribution is 5.78. The van der Waals surface area contributed by atoms with Gasteiger partial charge in [0, 0.05) is 5.56 Å². The third-order valence-corrected chi connectivity index (χ3v) is 2.92. The lowest BCUT2D eigenvalue weighted by Crippen LogP contribution is -1.79. The number of hydrogen-bond acceptors (Lipinski definition) is 2. The van der Waals surface area contributed by atoms with Gasteiger partial charge in [-0.05, 0) is 17.2 Å². The van der Waals surface area contributed by atoms with Crippen molar-refractivity contribution in [1.29, 1.82) is 0 Å². The van der Waals surface area contributed by atoms with Crippen LogP contribution < -0.4 is 0 Å². The quantitative estimate of drug-likeness (QED) is 0.680. The standard InChI is InChI=1S/C17H13NO/c1-3-7-14(8-4-1)11-12-17-16(13-19-18-17)15-9-5-2-6-10-15/h1-13H/b12-11+. The Morgan fingerprint density at radius 1 is 0.789 bits per heavy atom. The minimum Gasteiger partial charge on any atom is -0.363 e. The Hall–Kier alpha value is -2.61. The van der Waals surface area contributed by atoms with Gasteiger partial charge in [-0.1, -0.05) is 71.9 Å². The topological polar surface area (TPSA) is 26.0 Å². The lowest BCUT2D eigenvalue weighted by atomic mass is 10.1. The summed E-state index contributed by atoms with van der Waals surface area (Å²) in [6, 6.07) is 20.2. The Labute approximate surface area is 112 Å². The van der Waals surface area contributed by atoms with Crippen LogP contribution in [0.15, 0.2) is 71.4 Å². The molecule has 92 valence electrons. The van der Waals surface area contributed by atoms with Crippen LogP contribution in [0.5, 0.6) is 0 Å². The highest BCUT2D eigenvalue weighted by Crippen LogP contribution is 2.24. The number of nitrogens with zero attached hydrogens (tertiary/aromatic N) is 1. The van der Waals surface area contributed by atoms with Gasteiger partial charge in [0.05, 0.1) is 0 Å². The third kappa shape index (κ3) is 2.63. The molecule has 1 heterocycles. The predicted molar refractivity (Wildman–Crippen MR) is 77.3 cm³/mol. The molecule has 2 nitrogen and oxygen atoms in total. The van der Waals surface area contributed by atoms with E-state index in [1.54, 1.807) is 6.26 Å². The van der Waals surface area contributed by atoms with Gasteiger partial charge in [0.1, 0.15) is 12.0 Å². The van der Waals surface area contributed by atoms with E-state index in [-0.39, 0.29) is 0 Å². The van der Waals surface area contributed by atoms with Crippen LogP contribution in [0, 0.1) is 0 Å². The van der Waals surface area contributed by atoms with Crippen molar-refractivity contribution in [1.82, 2.24) is 5.16 Å². The van der Waals surface area contributed by atoms with Crippen molar-refractivity contribution in [2.45, 2.75) is 0 Å². The first-order valence-electron chi connectivity index (χ1n) is 6.16. The molecule has 3 aromatic rings. The molecule has 1 aromatic heterocycles. The minimum absolute atomic E-state index is 0.843. The van der Waals surface area contributed by atoms with E-state index in [1.807, 2.05) is 60.7 Å². The van der Waals surface area contributed by atoms with Crippen molar-refractivity contribution in [3.63, 3.8) is 0 Å². The summed E-state index contributed by atoms with van der Waals surface area (Å²) < 4.78 is 5.09. The van der Waals surface area contributed by atoms with Crippen LogP contribution in [0.3, 0.4) is 0 Å². The number of aromatic nitrogens is 1. The summed E-state index contributed by atoms with van der Waals surface area (Å²) in [6.45, 7) is 0. The van der Waals surface area contributed by atoms with Crippen molar-refractivity contribution in [2.24, 2.45) is 0 Å². The predicted octanol–water partition coefficient (Wildman–Crippen LogP) is 4.51. The smallest absolute Gasteiger partial charge is 0.132 e. The monoisotopic (exact) mass is 247 g/mol. The second-order valence-corrected chi connectivity index (χ2v) is 4.22. The third-order valence-electron chi connectivity index (χ3n) is 2.92. The molecular formula is C17H13NO. The van der Waals surface area contributed by atoms with E-state index in [9.17, 15) is 0 Å². The number of hydrogen-bond donors (Lipinski definition) is 0. The molecule has 0 fully saturated rings. The summed E-state index contributed by atoms with van der Waals surface area (Å²) in [6.07, 6.45) is 5.69. The SMILES string of the molecule is C(=C\c1nocc1-c1ccccc1)/c1ccccc1. The molecule has 0 saturated heterocycles. The summed E-state index contributed by atoms with van der Waals surface area (Å²) >= 11 is 0. The highest BCUT2D eigenvalue weighted by atomic mass is 16.5. The van der Waals surface area contributed by atoms with Crippen molar-refractivity contribution < 1.29 is 4.52 Å². The van der Waals surface area contributed by atoms with Crippen molar-refractivity contribution >= 4 is 12.2 Å². The van der Waals surface area contributed by atoms with Crippen LogP contribution in [0.2, 0.25) is 0 Å². The van der Waals surface area contributed by atoms with E-state index in [0.717, 1.165) is 22.4 Å². The van der Waals surface area contributed by atoms with Gasteiger partial charge in [0.2, 0.25) is 0 Å². The fourth-order valence-electron chi connectivity index (χ4n) is 1.94. The fraction of sp³-hybridized carbons (Fsp3) is 0. The summed E-state index contributed by atoms with van der Waals surface area (Å²) in [5.41, 5.74) is 4.10. The van der Waals surface area contributed by atoms with Crippen LogP contribution in [0.1, 0.15) is 11.3 Å². The second-order valence-electron chi connectivity index (χ2n) is 4.22. The Bertz CT molecular complexity index is 669. The molecule has 0 spiro atoms. The van der Waals surface area contributed by atoms with E-state index in [2.05, 4.69) is 17.3 Å². The lowest BCUT2D eigenvalue weighted by molar-refractivity contribution is 0.418. The maximum Gasteiger partial charge on any atom is 0.132 e. The maximum atomic E-state index is 5.09. The molecule has 0 amide bonds. The second kappa shape index (κ2) is 5.36. The minimum atomic E-state index is 0.843. The van der Waals surface area contributed by atoms with Crippen LogP contribution >= 0.6 is 0 Å². The van der Waals surface area contributed by atoms with Gasteiger partial charge in [0.25, 0.3) is 0 Å². The first-order valence-corrected chi connectivity index (χ1v) is 6.16. The Balaban J connectivity index is 1.91. The van der Waals surface area contributed by atoms with E-state index < -0.39 is 0 Å². The largest absolute Gasteiger partial charge is 0.363 e. The fourth-order valence-corrected chi connectivity index (χ4v) is 1.94. The number of benzene rings is 2. The first kappa shape index (κ1) is 11.5. The van der Waals surface area contributed by atoms with E-state index in [4.69, 9.17) is 4.52 Å². The Kier molecular flexibility index (Phi) is 3.24. The summed E-state index contributed by atoms with van der Waals surface area (Å²) in [5.74, 6) is 0. The number of rotatable bonds is 3. The van der Waals surface area contributed by atoms with Crippen LogP contribution in [0.25, 0.3) is 23.3 Å². The molecule has 0 saturated carbocycles. The van der Waals surface area contributed by atoms with Crippen LogP contribution in [-0.2, 0) is 0 Å². The molecule has 0 N–H and O–H groups in total. The molecule has 0 atom stereocenters. The Morgan fingerprint density at radius 3 is 2.21 bits per heavy atom. The van der Waals surface area contributed by atoms with E-state index in [0.29, 0.717) is 0 Å². The van der Waals surface area contributed by atoms with Crippen molar-refractivity contribution in [3.05, 3.63) is 78.2 Å². The molecule has 2 heteroatoms. The van der Waals surface area contributed by atoms with E-state index in [1.165, 1.54) is 0 Å². The average molecular weight is 247 g/mol. The van der Waals surface area contributed by atoms with Gasteiger partial charge >= 0.3 is 0 Å². The molecule has 0 aliphatic rings. The zero-order valence-electron chi connectivity index (χ0n) is 10.4. The lowest BCUT2D eigenvalue weighted by Gasteiger charge is -1.97. The normalized spacial score (nSPS) is 10.9. The highest BCUT2D eigenvalue weighted by Gasteiger charge is 2.06. The molecule has 2 aromatic carbocycles. The molecule has 0 bridgehead atoms. The van der Waals surface area contributed by atoms with E-state index >= 15 is 0 Å². The zero-order valence-corrected chi connectivity index (χ0v) is 10.4. The molecule has 0 aliphatic heterocycles. The van der Waals surface area contributed by atoms with Gasteiger partial charge in [-0.3, -0.25) is 0 Å². The first-order chi connectivity index (χ1) is 9.43. The van der Waals surface area contributed by atoms with Gasteiger partial charge in [-0.2, -0.15) is 0 Å². The van der Waals surface area contributed by atoms with Crippen LogP contribution in [-0.4, -0.2) is 5.16 Å². The zero-order chi connectivity index (χ0) is 12.9. The molecular weight excluding hydrogens is 234 g/mol. The molecule has 0 aliphatic carbocycles. The molecule has 19 heavy (non-hydrogen) atoms. The summed E-state index contributed by atoms with van der Waals surface area (Å²) in [5, 5.41) is 4.05. The average Bonchev–Trinajstić information content (AvgIpc) is 2.95. The van der Waals surface area contributed by atoms with Crippen molar-refractivity contribution in [3.8, 4) is 11.1 Å². The van der Waals surface area contributed by atoms with Gasteiger partial charge in [-0.15, -0.1) is 0 Å². The summed E-state index contributed by atoms with van der Waals surface area (Å²) in [4.78, 5) is 0. The van der Waals surface area contributed by atoms with Gasteiger partial charge in [-0.25, -0.2) is 0 Å². The van der Waals surface area contributed by atoms with Crippen LogP contribution in [0.4, 0.5) is 0 Å². The summed E-state index contributed by atoms with van der Waals surface area (Å²) in [7, 11) is 0. The molecule has 0 radical (unpaired) electrons. The van der Waals surface area contributed by atoms with Gasteiger partial charge < -0.3 is 4.52 Å². The maximum absolute atomic E-state index is 5.09. The Morgan fingerprint density at radius 2 is 1.47 bits per heavy atom. The molecule has 0 unspecified atom stereocenters. The molecule has 3 rings (SSSR count). The van der Waals surface area contributed by atoms with Gasteiger partial charge in [0.15, 0.2) is 0 Å².